The smallest absolute Gasteiger partial charge is 0.228 e. The van der Waals surface area contributed by atoms with E-state index in [-0.39, 0.29) is 11.7 Å². The van der Waals surface area contributed by atoms with Gasteiger partial charge in [0.25, 0.3) is 0 Å². The van der Waals surface area contributed by atoms with Gasteiger partial charge in [-0.1, -0.05) is 53.7 Å². The summed E-state index contributed by atoms with van der Waals surface area (Å²) < 4.78 is 14.6. The molecule has 1 aliphatic rings. The van der Waals surface area contributed by atoms with Gasteiger partial charge in [0.1, 0.15) is 10.2 Å². The summed E-state index contributed by atoms with van der Waals surface area (Å²) in [6.07, 6.45) is 0.294. The Balaban J connectivity index is 1.28. The summed E-state index contributed by atoms with van der Waals surface area (Å²) in [4.78, 5) is 21.4. The van der Waals surface area contributed by atoms with Crippen LogP contribution in [0.3, 0.4) is 0 Å². The fourth-order valence-corrected chi connectivity index (χ4v) is 5.45. The Kier molecular flexibility index (Phi) is 6.92. The van der Waals surface area contributed by atoms with E-state index in [2.05, 4.69) is 9.88 Å². The van der Waals surface area contributed by atoms with Gasteiger partial charge in [-0.2, -0.15) is 0 Å². The number of thioether (sulfide) groups is 1. The molecule has 0 bridgehead atoms. The molecule has 2 heterocycles. The molecule has 0 spiro atoms. The fourth-order valence-electron chi connectivity index (χ4n) is 3.36. The quantitative estimate of drug-likeness (QED) is 0.477. The minimum absolute atomic E-state index is 0.0877. The first-order chi connectivity index (χ1) is 14.6. The van der Waals surface area contributed by atoms with E-state index in [1.54, 1.807) is 12.1 Å². The van der Waals surface area contributed by atoms with Crippen molar-refractivity contribution < 1.29 is 9.18 Å². The lowest BCUT2D eigenvalue weighted by Gasteiger charge is -2.36. The lowest BCUT2D eigenvalue weighted by atomic mass is 10.2. The van der Waals surface area contributed by atoms with Crippen molar-refractivity contribution in [2.75, 3.05) is 31.1 Å². The minimum Gasteiger partial charge on any atom is -0.367 e. The number of amides is 1. The summed E-state index contributed by atoms with van der Waals surface area (Å²) in [5, 5.41) is 2.65. The second-order valence-electron chi connectivity index (χ2n) is 6.98. The maximum Gasteiger partial charge on any atom is 0.228 e. The van der Waals surface area contributed by atoms with Crippen LogP contribution in [0.5, 0.6) is 0 Å². The van der Waals surface area contributed by atoms with Crippen molar-refractivity contribution in [1.82, 2.24) is 9.88 Å². The second kappa shape index (κ2) is 9.81. The zero-order chi connectivity index (χ0) is 20.9. The lowest BCUT2D eigenvalue weighted by Crippen LogP contribution is -2.49. The molecule has 1 aliphatic heterocycles. The van der Waals surface area contributed by atoms with Crippen LogP contribution in [0.15, 0.2) is 58.3 Å². The molecule has 0 unspecified atom stereocenters. The molecule has 0 radical (unpaired) electrons. The first kappa shape index (κ1) is 21.2. The number of anilines is 1. The van der Waals surface area contributed by atoms with Crippen LogP contribution in [-0.2, 0) is 17.0 Å². The average Bonchev–Trinajstić information content (AvgIpc) is 3.21. The number of aromatic nitrogens is 1. The fraction of sp³-hybridized carbons (Fsp3) is 0.273. The van der Waals surface area contributed by atoms with E-state index in [1.807, 2.05) is 40.6 Å². The van der Waals surface area contributed by atoms with Gasteiger partial charge in [-0.15, -0.1) is 11.3 Å². The Morgan fingerprint density at radius 2 is 1.83 bits per heavy atom. The van der Waals surface area contributed by atoms with Crippen LogP contribution in [0.2, 0.25) is 5.02 Å². The van der Waals surface area contributed by atoms with E-state index in [9.17, 15) is 9.18 Å². The van der Waals surface area contributed by atoms with Crippen molar-refractivity contribution in [2.45, 2.75) is 16.5 Å². The molecule has 3 aromatic rings. The Morgan fingerprint density at radius 3 is 2.60 bits per heavy atom. The molecule has 1 fully saturated rings. The topological polar surface area (TPSA) is 36.4 Å². The second-order valence-corrected chi connectivity index (χ2v) is 9.47. The SMILES string of the molecule is O=C(Cc1csc(SCc2ccccc2F)n1)N1CCN(c2ccccc2Cl)CC1. The maximum absolute atomic E-state index is 13.7. The van der Waals surface area contributed by atoms with E-state index >= 15 is 0 Å². The maximum atomic E-state index is 13.7. The van der Waals surface area contributed by atoms with Crippen LogP contribution < -0.4 is 4.90 Å². The minimum atomic E-state index is -0.201. The third-order valence-corrected chi connectivity index (χ3v) is 7.44. The van der Waals surface area contributed by atoms with Gasteiger partial charge < -0.3 is 9.80 Å². The molecule has 4 nitrogen and oxygen atoms in total. The molecule has 0 N–H and O–H groups in total. The molecule has 2 aromatic carbocycles. The number of hydrogen-bond donors (Lipinski definition) is 0. The third-order valence-electron chi connectivity index (χ3n) is 5.00. The van der Waals surface area contributed by atoms with Crippen LogP contribution >= 0.6 is 34.7 Å². The Bertz CT molecular complexity index is 1020. The monoisotopic (exact) mass is 461 g/mol. The number of rotatable bonds is 6. The van der Waals surface area contributed by atoms with Crippen molar-refractivity contribution in [3.63, 3.8) is 0 Å². The molecule has 0 saturated carbocycles. The normalized spacial score (nSPS) is 14.2. The molecule has 1 saturated heterocycles. The van der Waals surface area contributed by atoms with E-state index in [0.29, 0.717) is 30.8 Å². The van der Waals surface area contributed by atoms with Crippen LogP contribution in [0, 0.1) is 5.82 Å². The van der Waals surface area contributed by atoms with Crippen molar-refractivity contribution in [3.05, 3.63) is 76.0 Å². The highest BCUT2D eigenvalue weighted by Gasteiger charge is 2.23. The summed E-state index contributed by atoms with van der Waals surface area (Å²) in [5.41, 5.74) is 2.45. The first-order valence-corrected chi connectivity index (χ1v) is 11.9. The van der Waals surface area contributed by atoms with Crippen LogP contribution in [0.1, 0.15) is 11.3 Å². The summed E-state index contributed by atoms with van der Waals surface area (Å²) in [5.74, 6) is 0.412. The number of carbonyl (C=O) groups is 1. The highest BCUT2D eigenvalue weighted by molar-refractivity contribution is 8.00. The Hall–Kier alpha value is -2.09. The van der Waals surface area contributed by atoms with Crippen molar-refractivity contribution in [1.29, 1.82) is 0 Å². The molecule has 8 heteroatoms. The number of halogens is 2. The van der Waals surface area contributed by atoms with E-state index in [4.69, 9.17) is 11.6 Å². The predicted molar refractivity (Wildman–Crippen MR) is 122 cm³/mol. The molecule has 1 aromatic heterocycles. The van der Waals surface area contributed by atoms with Gasteiger partial charge in [-0.25, -0.2) is 9.37 Å². The Morgan fingerprint density at radius 1 is 1.10 bits per heavy atom. The van der Waals surface area contributed by atoms with Gasteiger partial charge in [0, 0.05) is 37.3 Å². The standard InChI is InChI=1S/C22H21ClFN3OS2/c23-18-6-2-4-8-20(18)26-9-11-27(12-10-26)21(28)13-17-15-30-22(25-17)29-14-16-5-1-3-7-19(16)24/h1-8,15H,9-14H2. The molecular weight excluding hydrogens is 441 g/mol. The van der Waals surface area contributed by atoms with E-state index < -0.39 is 0 Å². The largest absolute Gasteiger partial charge is 0.367 e. The Labute approximate surface area is 188 Å². The number of carbonyl (C=O) groups excluding carboxylic acids is 1. The third kappa shape index (κ3) is 5.14. The average molecular weight is 462 g/mol. The highest BCUT2D eigenvalue weighted by Crippen LogP contribution is 2.28. The molecule has 30 heavy (non-hydrogen) atoms. The summed E-state index contributed by atoms with van der Waals surface area (Å²) >= 11 is 9.28. The molecule has 1 amide bonds. The van der Waals surface area contributed by atoms with Crippen LogP contribution in [0.4, 0.5) is 10.1 Å². The molecule has 156 valence electrons. The lowest BCUT2D eigenvalue weighted by molar-refractivity contribution is -0.130. The van der Waals surface area contributed by atoms with Crippen LogP contribution in [-0.4, -0.2) is 42.0 Å². The molecule has 0 atom stereocenters. The van der Waals surface area contributed by atoms with Gasteiger partial charge in [0.05, 0.1) is 22.8 Å². The van der Waals surface area contributed by atoms with Gasteiger partial charge in [0.15, 0.2) is 0 Å². The van der Waals surface area contributed by atoms with Crippen LogP contribution in [0.25, 0.3) is 0 Å². The van der Waals surface area contributed by atoms with Gasteiger partial charge in [-0.3, -0.25) is 4.79 Å². The van der Waals surface area contributed by atoms with Gasteiger partial charge in [-0.05, 0) is 23.8 Å². The number of hydrogen-bond acceptors (Lipinski definition) is 5. The van der Waals surface area contributed by atoms with E-state index in [1.165, 1.54) is 29.2 Å². The zero-order valence-corrected chi connectivity index (χ0v) is 18.7. The summed E-state index contributed by atoms with van der Waals surface area (Å²) in [7, 11) is 0. The van der Waals surface area contributed by atoms with Crippen molar-refractivity contribution in [3.8, 4) is 0 Å². The van der Waals surface area contributed by atoms with Gasteiger partial charge >= 0.3 is 0 Å². The number of piperazine rings is 1. The molecule has 4 rings (SSSR count). The molecular formula is C22H21ClFN3OS2. The molecule has 0 aliphatic carbocycles. The number of nitrogens with zero attached hydrogens (tertiary/aromatic N) is 3. The van der Waals surface area contributed by atoms with Crippen molar-refractivity contribution in [2.24, 2.45) is 0 Å². The number of benzene rings is 2. The number of thiazole rings is 1. The zero-order valence-electron chi connectivity index (χ0n) is 16.3. The van der Waals surface area contributed by atoms with Crippen molar-refractivity contribution >= 4 is 46.3 Å². The highest BCUT2D eigenvalue weighted by atomic mass is 35.5. The first-order valence-electron chi connectivity index (χ1n) is 9.68. The van der Waals surface area contributed by atoms with Gasteiger partial charge in [0.2, 0.25) is 5.91 Å². The summed E-state index contributed by atoms with van der Waals surface area (Å²) in [6, 6.07) is 14.6. The number of para-hydroxylation sites is 1. The van der Waals surface area contributed by atoms with E-state index in [0.717, 1.165) is 33.8 Å². The summed E-state index contributed by atoms with van der Waals surface area (Å²) in [6.45, 7) is 2.86. The predicted octanol–water partition coefficient (Wildman–Crippen LogP) is 5.12.